The third-order valence-electron chi connectivity index (χ3n) is 12.8. The maximum absolute atomic E-state index is 10.4. The van der Waals surface area contributed by atoms with Gasteiger partial charge >= 0.3 is 0 Å². The summed E-state index contributed by atoms with van der Waals surface area (Å²) in [7, 11) is 0. The van der Waals surface area contributed by atoms with Crippen LogP contribution in [0.5, 0.6) is 0 Å². The number of nitrogens with zero attached hydrogens (tertiary/aromatic N) is 4. The van der Waals surface area contributed by atoms with Crippen LogP contribution in [0.2, 0.25) is 0 Å². The van der Waals surface area contributed by atoms with Gasteiger partial charge in [0.15, 0.2) is 11.4 Å². The number of rotatable bonds is 4. The van der Waals surface area contributed by atoms with Crippen LogP contribution < -0.4 is 0 Å². The predicted molar refractivity (Wildman–Crippen MR) is 255 cm³/mol. The lowest BCUT2D eigenvalue weighted by molar-refractivity contribution is 1.48. The Hall–Kier alpha value is -9.06. The van der Waals surface area contributed by atoms with E-state index in [0.29, 0.717) is 22.5 Å². The molecule has 12 aromatic rings. The Morgan fingerprint density at radius 2 is 0.726 bits per heavy atom. The van der Waals surface area contributed by atoms with Gasteiger partial charge in [-0.2, -0.15) is 10.5 Å². The van der Waals surface area contributed by atoms with Gasteiger partial charge < -0.3 is 0 Å². The molecule has 0 aromatic heterocycles. The maximum atomic E-state index is 10.4. The molecule has 0 bridgehead atoms. The predicted octanol–water partition coefficient (Wildman–Crippen LogP) is 16.1. The minimum absolute atomic E-state index is 0.387. The van der Waals surface area contributed by atoms with Crippen LogP contribution in [0, 0.1) is 35.8 Å². The normalized spacial score (nSPS) is 11.5. The van der Waals surface area contributed by atoms with Crippen molar-refractivity contribution in [3.8, 4) is 56.6 Å². The van der Waals surface area contributed by atoms with E-state index in [1.807, 2.05) is 72.8 Å². The van der Waals surface area contributed by atoms with Gasteiger partial charge in [0, 0.05) is 11.1 Å². The molecule has 0 amide bonds. The van der Waals surface area contributed by atoms with Crippen LogP contribution in [-0.4, -0.2) is 0 Å². The molecule has 62 heavy (non-hydrogen) atoms. The van der Waals surface area contributed by atoms with Crippen molar-refractivity contribution in [1.82, 2.24) is 0 Å². The Kier molecular flexibility index (Phi) is 7.45. The Morgan fingerprint density at radius 1 is 0.339 bits per heavy atom. The molecular formula is C58H28N4. The molecule has 0 heterocycles. The minimum atomic E-state index is 0.387. The lowest BCUT2D eigenvalue weighted by Gasteiger charge is -2.22. The van der Waals surface area contributed by atoms with E-state index < -0.39 is 0 Å². The first-order valence-electron chi connectivity index (χ1n) is 20.4. The number of nitriles is 2. The highest BCUT2D eigenvalue weighted by molar-refractivity contribution is 6.43. The van der Waals surface area contributed by atoms with Crippen LogP contribution in [-0.2, 0) is 0 Å². The van der Waals surface area contributed by atoms with Gasteiger partial charge in [0.05, 0.1) is 25.3 Å². The minimum Gasteiger partial charge on any atom is -0.237 e. The SMILES string of the molecule is [C-]#[N+]c1cc(C#N)cc(-c2ccccc2)c1-c1c2cc3c(cc2c(-c2c([N+]#[C-])cc(C#N)cc2-c2ccccc2)c2c4cccc5cccc(c12)c54)c1cccc2cccc3c21. The van der Waals surface area contributed by atoms with Gasteiger partial charge in [0.1, 0.15) is 0 Å². The van der Waals surface area contributed by atoms with Crippen molar-refractivity contribution < 1.29 is 0 Å². The molecule has 12 rings (SSSR count). The van der Waals surface area contributed by atoms with Crippen molar-refractivity contribution in [1.29, 1.82) is 10.5 Å². The Morgan fingerprint density at radius 3 is 1.11 bits per heavy atom. The molecule has 4 heteroatoms. The molecule has 0 saturated carbocycles. The van der Waals surface area contributed by atoms with Crippen LogP contribution >= 0.6 is 0 Å². The van der Waals surface area contributed by atoms with Gasteiger partial charge in [-0.3, -0.25) is 0 Å². The molecule has 0 unspecified atom stereocenters. The molecule has 0 atom stereocenters. The summed E-state index contributed by atoms with van der Waals surface area (Å²) in [6, 6.07) is 62.4. The highest BCUT2D eigenvalue weighted by atomic mass is 14.7. The fourth-order valence-electron chi connectivity index (χ4n) is 10.4. The van der Waals surface area contributed by atoms with Crippen molar-refractivity contribution in [3.05, 3.63) is 204 Å². The van der Waals surface area contributed by atoms with Gasteiger partial charge in [0.25, 0.3) is 0 Å². The summed E-state index contributed by atoms with van der Waals surface area (Å²) in [4.78, 5) is 8.44. The van der Waals surface area contributed by atoms with Crippen LogP contribution in [0.25, 0.3) is 130 Å². The zero-order chi connectivity index (χ0) is 41.6. The first-order chi connectivity index (χ1) is 30.6. The van der Waals surface area contributed by atoms with Crippen molar-refractivity contribution in [2.45, 2.75) is 0 Å². The van der Waals surface area contributed by atoms with E-state index in [9.17, 15) is 10.5 Å². The second-order valence-corrected chi connectivity index (χ2v) is 15.9. The van der Waals surface area contributed by atoms with Gasteiger partial charge in [0.2, 0.25) is 0 Å². The van der Waals surface area contributed by atoms with E-state index in [1.165, 1.54) is 5.39 Å². The first kappa shape index (κ1) is 34.9. The quantitative estimate of drug-likeness (QED) is 0.167. The van der Waals surface area contributed by atoms with E-state index in [-0.39, 0.29) is 0 Å². The molecule has 280 valence electrons. The second-order valence-electron chi connectivity index (χ2n) is 15.9. The smallest absolute Gasteiger partial charge is 0.196 e. The van der Waals surface area contributed by atoms with E-state index in [0.717, 1.165) is 115 Å². The molecule has 0 radical (unpaired) electrons. The fraction of sp³-hybridized carbons (Fsp3) is 0. The van der Waals surface area contributed by atoms with E-state index in [2.05, 4.69) is 107 Å². The molecule has 0 saturated heterocycles. The highest BCUT2D eigenvalue weighted by Crippen LogP contribution is 2.58. The Labute approximate surface area is 356 Å². The van der Waals surface area contributed by atoms with E-state index in [4.69, 9.17) is 13.1 Å². The maximum Gasteiger partial charge on any atom is 0.196 e. The summed E-state index contributed by atoms with van der Waals surface area (Å²) in [5.74, 6) is 0. The molecule has 0 fully saturated rings. The van der Waals surface area contributed by atoms with Crippen molar-refractivity contribution in [2.24, 2.45) is 0 Å². The topological polar surface area (TPSA) is 56.3 Å². The summed E-state index contributed by atoms with van der Waals surface area (Å²) in [5.41, 5.74) is 8.31. The van der Waals surface area contributed by atoms with Crippen molar-refractivity contribution in [2.75, 3.05) is 0 Å². The average Bonchev–Trinajstić information content (AvgIpc) is 3.84. The van der Waals surface area contributed by atoms with Gasteiger partial charge in [-0.1, -0.05) is 133 Å². The van der Waals surface area contributed by atoms with Crippen LogP contribution in [0.4, 0.5) is 11.4 Å². The standard InChI is InChI=1S/C58H28N4/c1-61-49-27-33(31-59)25-43(35-13-5-3-6-14-35)53(49)57-47-29-45-39-21-9-17-37-18-10-22-40(51(37)39)46(45)30-48(47)58(56-42-24-12-20-38-19-11-23-41(52(38)42)55(56)57)54-44(36-15-7-4-8-16-36)26-34(32-60)28-50(54)62-2/h3-30H. The average molecular weight is 781 g/mol. The molecule has 0 aliphatic carbocycles. The summed E-state index contributed by atoms with van der Waals surface area (Å²) < 4.78 is 0. The van der Waals surface area contributed by atoms with Crippen LogP contribution in [0.15, 0.2) is 170 Å². The third-order valence-corrected chi connectivity index (χ3v) is 12.8. The highest BCUT2D eigenvalue weighted by Gasteiger charge is 2.30. The van der Waals surface area contributed by atoms with E-state index in [1.54, 1.807) is 12.1 Å². The lowest BCUT2D eigenvalue weighted by atomic mass is 9.80. The molecule has 4 nitrogen and oxygen atoms in total. The zero-order valence-corrected chi connectivity index (χ0v) is 33.0. The van der Waals surface area contributed by atoms with Gasteiger partial charge in [-0.05, 0) is 156 Å². The second kappa shape index (κ2) is 13.2. The van der Waals surface area contributed by atoms with E-state index >= 15 is 0 Å². The molecule has 0 spiro atoms. The molecule has 0 N–H and O–H groups in total. The summed E-state index contributed by atoms with van der Waals surface area (Å²) >= 11 is 0. The van der Waals surface area contributed by atoms with Gasteiger partial charge in [-0.25, -0.2) is 9.69 Å². The molecule has 0 aliphatic heterocycles. The van der Waals surface area contributed by atoms with Crippen molar-refractivity contribution in [3.63, 3.8) is 0 Å². The number of hydrogen-bond donors (Lipinski definition) is 0. The third kappa shape index (κ3) is 4.79. The number of fused-ring (bicyclic) bond motifs is 7. The largest absolute Gasteiger partial charge is 0.237 e. The van der Waals surface area contributed by atoms with Crippen LogP contribution in [0.1, 0.15) is 11.1 Å². The summed E-state index contributed by atoms with van der Waals surface area (Å²) in [5, 5.41) is 35.6. The lowest BCUT2D eigenvalue weighted by Crippen LogP contribution is -1.95. The summed E-state index contributed by atoms with van der Waals surface area (Å²) in [6.45, 7) is 17.5. The Bertz CT molecular complexity index is 3810. The Balaban J connectivity index is 1.44. The number of hydrogen-bond acceptors (Lipinski definition) is 2. The van der Waals surface area contributed by atoms with Gasteiger partial charge in [-0.15, -0.1) is 0 Å². The molecule has 12 aromatic carbocycles. The molecular weight excluding hydrogens is 753 g/mol. The zero-order valence-electron chi connectivity index (χ0n) is 33.0. The summed E-state index contributed by atoms with van der Waals surface area (Å²) in [6.07, 6.45) is 0. The fourth-order valence-corrected chi connectivity index (χ4v) is 10.4. The van der Waals surface area contributed by atoms with Crippen molar-refractivity contribution >= 4 is 86.8 Å². The first-order valence-corrected chi connectivity index (χ1v) is 20.4. The molecule has 0 aliphatic rings. The number of benzene rings is 10. The van der Waals surface area contributed by atoms with Crippen LogP contribution in [0.3, 0.4) is 0 Å². The monoisotopic (exact) mass is 780 g/mol.